The standard InChI is InChI=1S/C24H26N4O4/c1-31-19-8-4-16(5-9-19)21-20-22(26-25-21)24(30)28(11-10-27-12-14-32-15-13-27)23(20)17-2-6-18(29)7-3-17/h2-9,23,29H,10-15H2,1H3,(H,25,26). The number of aromatic hydroxyl groups is 1. The molecule has 2 aliphatic rings. The van der Waals surface area contributed by atoms with Crippen LogP contribution in [0.1, 0.15) is 27.7 Å². The lowest BCUT2D eigenvalue weighted by molar-refractivity contribution is 0.0316. The van der Waals surface area contributed by atoms with Gasteiger partial charge in [0, 0.05) is 37.3 Å². The lowest BCUT2D eigenvalue weighted by atomic mass is 9.96. The fourth-order valence-corrected chi connectivity index (χ4v) is 4.47. The van der Waals surface area contributed by atoms with Crippen molar-refractivity contribution in [2.45, 2.75) is 6.04 Å². The Morgan fingerprint density at radius 1 is 1.09 bits per heavy atom. The second kappa shape index (κ2) is 8.64. The van der Waals surface area contributed by atoms with E-state index in [2.05, 4.69) is 15.1 Å². The van der Waals surface area contributed by atoms with Gasteiger partial charge in [-0.05, 0) is 42.0 Å². The van der Waals surface area contributed by atoms with E-state index in [1.54, 1.807) is 19.2 Å². The van der Waals surface area contributed by atoms with E-state index in [-0.39, 0.29) is 17.7 Å². The number of aromatic amines is 1. The Morgan fingerprint density at radius 2 is 1.81 bits per heavy atom. The Hall–Kier alpha value is -3.36. The molecule has 1 saturated heterocycles. The molecule has 1 atom stereocenters. The maximum Gasteiger partial charge on any atom is 0.273 e. The Balaban J connectivity index is 1.52. The van der Waals surface area contributed by atoms with Crippen LogP contribution in [0.15, 0.2) is 48.5 Å². The summed E-state index contributed by atoms with van der Waals surface area (Å²) in [5.41, 5.74) is 4.00. The SMILES string of the molecule is COc1ccc(-c2n[nH]c3c2C(c2ccc(O)cc2)N(CCN2CCOCC2)C3=O)cc1. The molecule has 3 aromatic rings. The summed E-state index contributed by atoms with van der Waals surface area (Å²) in [5.74, 6) is 0.901. The molecule has 3 heterocycles. The first-order chi connectivity index (χ1) is 15.7. The van der Waals surface area contributed by atoms with Crippen molar-refractivity contribution in [3.63, 3.8) is 0 Å². The average molecular weight is 434 g/mol. The third-order valence-electron chi connectivity index (χ3n) is 6.20. The molecule has 32 heavy (non-hydrogen) atoms. The molecule has 2 aliphatic heterocycles. The van der Waals surface area contributed by atoms with Crippen molar-refractivity contribution in [3.8, 4) is 22.8 Å². The minimum absolute atomic E-state index is 0.0569. The maximum atomic E-state index is 13.4. The van der Waals surface area contributed by atoms with Crippen LogP contribution < -0.4 is 4.74 Å². The van der Waals surface area contributed by atoms with Gasteiger partial charge >= 0.3 is 0 Å². The number of fused-ring (bicyclic) bond motifs is 1. The van der Waals surface area contributed by atoms with Crippen LogP contribution in [0.4, 0.5) is 0 Å². The van der Waals surface area contributed by atoms with Crippen LogP contribution in [-0.4, -0.2) is 77.5 Å². The molecule has 8 nitrogen and oxygen atoms in total. The van der Waals surface area contributed by atoms with E-state index in [0.29, 0.717) is 12.2 Å². The number of amides is 1. The number of morpholine rings is 1. The molecule has 8 heteroatoms. The zero-order valence-corrected chi connectivity index (χ0v) is 18.0. The number of hydrogen-bond acceptors (Lipinski definition) is 6. The summed E-state index contributed by atoms with van der Waals surface area (Å²) < 4.78 is 10.7. The molecule has 2 aromatic carbocycles. The van der Waals surface area contributed by atoms with E-state index in [1.807, 2.05) is 41.3 Å². The number of benzene rings is 2. The minimum atomic E-state index is -0.282. The molecule has 0 aliphatic carbocycles. The van der Waals surface area contributed by atoms with Crippen molar-refractivity contribution in [1.82, 2.24) is 20.0 Å². The molecule has 0 bridgehead atoms. The van der Waals surface area contributed by atoms with Crippen LogP contribution in [0.25, 0.3) is 11.3 Å². The number of hydrogen-bond donors (Lipinski definition) is 2. The van der Waals surface area contributed by atoms with Crippen LogP contribution in [-0.2, 0) is 4.74 Å². The van der Waals surface area contributed by atoms with Crippen molar-refractivity contribution in [2.24, 2.45) is 0 Å². The highest BCUT2D eigenvalue weighted by molar-refractivity contribution is 6.00. The van der Waals surface area contributed by atoms with Crippen molar-refractivity contribution in [1.29, 1.82) is 0 Å². The number of H-pyrrole nitrogens is 1. The largest absolute Gasteiger partial charge is 0.508 e. The number of rotatable bonds is 6. The first-order valence-electron chi connectivity index (χ1n) is 10.8. The summed E-state index contributed by atoms with van der Waals surface area (Å²) >= 11 is 0. The van der Waals surface area contributed by atoms with Crippen molar-refractivity contribution in [2.75, 3.05) is 46.5 Å². The molecule has 0 spiro atoms. The predicted molar refractivity (Wildman–Crippen MR) is 119 cm³/mol. The highest BCUT2D eigenvalue weighted by Gasteiger charge is 2.42. The van der Waals surface area contributed by atoms with Gasteiger partial charge in [-0.25, -0.2) is 0 Å². The Kier molecular flexibility index (Phi) is 5.55. The topological polar surface area (TPSA) is 90.9 Å². The molecule has 1 fully saturated rings. The van der Waals surface area contributed by atoms with Gasteiger partial charge in [0.1, 0.15) is 17.2 Å². The van der Waals surface area contributed by atoms with E-state index in [0.717, 1.165) is 61.0 Å². The van der Waals surface area contributed by atoms with Gasteiger partial charge in [0.15, 0.2) is 0 Å². The molecular formula is C24H26N4O4. The third kappa shape index (κ3) is 3.72. The predicted octanol–water partition coefficient (Wildman–Crippen LogP) is 2.67. The summed E-state index contributed by atoms with van der Waals surface area (Å²) in [6.45, 7) is 4.56. The van der Waals surface area contributed by atoms with Crippen molar-refractivity contribution < 1.29 is 19.4 Å². The van der Waals surface area contributed by atoms with Gasteiger partial charge in [0.2, 0.25) is 0 Å². The maximum absolute atomic E-state index is 13.4. The Labute approximate surface area is 186 Å². The van der Waals surface area contributed by atoms with Gasteiger partial charge in [-0.2, -0.15) is 5.10 Å². The normalized spacial score (nSPS) is 18.7. The smallest absolute Gasteiger partial charge is 0.273 e. The second-order valence-corrected chi connectivity index (χ2v) is 8.04. The number of nitrogens with zero attached hydrogens (tertiary/aromatic N) is 3. The highest BCUT2D eigenvalue weighted by atomic mass is 16.5. The molecule has 166 valence electrons. The van der Waals surface area contributed by atoms with E-state index in [1.165, 1.54) is 0 Å². The number of phenolic OH excluding ortho intramolecular Hbond substituents is 1. The second-order valence-electron chi connectivity index (χ2n) is 8.04. The molecule has 0 saturated carbocycles. The fraction of sp³-hybridized carbons (Fsp3) is 0.333. The molecule has 1 aromatic heterocycles. The number of ether oxygens (including phenoxy) is 2. The summed E-state index contributed by atoms with van der Waals surface area (Å²) in [4.78, 5) is 17.6. The van der Waals surface area contributed by atoms with E-state index < -0.39 is 0 Å². The van der Waals surface area contributed by atoms with E-state index in [4.69, 9.17) is 9.47 Å². The summed E-state index contributed by atoms with van der Waals surface area (Å²) in [7, 11) is 1.63. The van der Waals surface area contributed by atoms with Gasteiger partial charge < -0.3 is 19.5 Å². The van der Waals surface area contributed by atoms with Gasteiger partial charge in [-0.3, -0.25) is 14.8 Å². The molecule has 1 amide bonds. The third-order valence-corrected chi connectivity index (χ3v) is 6.20. The molecular weight excluding hydrogens is 408 g/mol. The lowest BCUT2D eigenvalue weighted by Crippen LogP contribution is -2.42. The minimum Gasteiger partial charge on any atom is -0.508 e. The molecule has 0 radical (unpaired) electrons. The number of phenols is 1. The van der Waals surface area contributed by atoms with E-state index in [9.17, 15) is 9.90 Å². The van der Waals surface area contributed by atoms with Gasteiger partial charge in [0.05, 0.1) is 32.1 Å². The number of nitrogens with one attached hydrogen (secondary N) is 1. The van der Waals surface area contributed by atoms with Crippen LogP contribution in [0, 0.1) is 0 Å². The zero-order chi connectivity index (χ0) is 22.1. The van der Waals surface area contributed by atoms with Crippen LogP contribution in [0.2, 0.25) is 0 Å². The van der Waals surface area contributed by atoms with Crippen LogP contribution in [0.3, 0.4) is 0 Å². The lowest BCUT2D eigenvalue weighted by Gasteiger charge is -2.31. The Bertz CT molecular complexity index is 1090. The average Bonchev–Trinajstić information content (AvgIpc) is 3.38. The number of methoxy groups -OCH3 is 1. The molecule has 5 rings (SSSR count). The number of aromatic nitrogens is 2. The summed E-state index contributed by atoms with van der Waals surface area (Å²) in [6.07, 6.45) is 0. The molecule has 2 N–H and O–H groups in total. The van der Waals surface area contributed by atoms with Crippen molar-refractivity contribution >= 4 is 5.91 Å². The van der Waals surface area contributed by atoms with Crippen LogP contribution in [0.5, 0.6) is 11.5 Å². The van der Waals surface area contributed by atoms with E-state index >= 15 is 0 Å². The number of carbonyl (C=O) groups is 1. The Morgan fingerprint density at radius 3 is 2.50 bits per heavy atom. The fourth-order valence-electron chi connectivity index (χ4n) is 4.47. The molecule has 1 unspecified atom stereocenters. The summed E-state index contributed by atoms with van der Waals surface area (Å²) in [5, 5.41) is 17.3. The summed E-state index contributed by atoms with van der Waals surface area (Å²) in [6, 6.07) is 14.4. The van der Waals surface area contributed by atoms with Gasteiger partial charge in [-0.1, -0.05) is 12.1 Å². The van der Waals surface area contributed by atoms with Crippen molar-refractivity contribution in [3.05, 3.63) is 65.4 Å². The first-order valence-corrected chi connectivity index (χ1v) is 10.8. The zero-order valence-electron chi connectivity index (χ0n) is 18.0. The highest BCUT2D eigenvalue weighted by Crippen LogP contribution is 2.43. The number of carbonyl (C=O) groups excluding carboxylic acids is 1. The first kappa shape index (κ1) is 20.5. The van der Waals surface area contributed by atoms with Gasteiger partial charge in [-0.15, -0.1) is 0 Å². The van der Waals surface area contributed by atoms with Crippen LogP contribution >= 0.6 is 0 Å². The monoisotopic (exact) mass is 434 g/mol. The quantitative estimate of drug-likeness (QED) is 0.620. The van der Waals surface area contributed by atoms with Gasteiger partial charge in [0.25, 0.3) is 5.91 Å².